The van der Waals surface area contributed by atoms with Crippen LogP contribution >= 0.6 is 39.9 Å². The van der Waals surface area contributed by atoms with Crippen LogP contribution in [0, 0.1) is 5.82 Å². The van der Waals surface area contributed by atoms with Crippen molar-refractivity contribution >= 4 is 51.8 Å². The van der Waals surface area contributed by atoms with Gasteiger partial charge in [-0.15, -0.1) is 24.0 Å². The lowest BCUT2D eigenvalue weighted by molar-refractivity contribution is 0.0963. The number of halogens is 3. The largest absolute Gasteiger partial charge is 0.356 e. The molecule has 3 N–H and O–H groups in total. The second-order valence-electron chi connectivity index (χ2n) is 5.62. The van der Waals surface area contributed by atoms with Crippen molar-refractivity contribution in [3.05, 3.63) is 69.4 Å². The van der Waals surface area contributed by atoms with Gasteiger partial charge in [-0.2, -0.15) is 0 Å². The molecule has 0 saturated carbocycles. The first-order valence-electron chi connectivity index (χ1n) is 8.23. The first-order chi connectivity index (χ1) is 12.5. The zero-order valence-corrected chi connectivity index (χ0v) is 19.1. The molecule has 0 saturated heterocycles. The molecule has 0 unspecified atom stereocenters. The van der Waals surface area contributed by atoms with Gasteiger partial charge in [0.1, 0.15) is 5.82 Å². The van der Waals surface area contributed by atoms with Gasteiger partial charge in [0.25, 0.3) is 5.91 Å². The summed E-state index contributed by atoms with van der Waals surface area (Å²) in [7, 11) is 3.30. The van der Waals surface area contributed by atoms with E-state index in [1.165, 1.54) is 12.1 Å². The van der Waals surface area contributed by atoms with Crippen LogP contribution in [0.2, 0.25) is 0 Å². The molecule has 2 aromatic carbocycles. The van der Waals surface area contributed by atoms with Crippen LogP contribution in [0.25, 0.3) is 0 Å². The third-order valence-electron chi connectivity index (χ3n) is 3.80. The van der Waals surface area contributed by atoms with Crippen molar-refractivity contribution in [3.8, 4) is 0 Å². The molecule has 0 bridgehead atoms. The molecule has 0 aliphatic heterocycles. The van der Waals surface area contributed by atoms with Crippen molar-refractivity contribution in [1.82, 2.24) is 16.0 Å². The fourth-order valence-corrected chi connectivity index (χ4v) is 2.80. The first kappa shape index (κ1) is 23.4. The molecule has 0 aromatic heterocycles. The van der Waals surface area contributed by atoms with Crippen LogP contribution in [0.1, 0.15) is 21.5 Å². The van der Waals surface area contributed by atoms with Gasteiger partial charge in [0.2, 0.25) is 0 Å². The van der Waals surface area contributed by atoms with Crippen LogP contribution in [0.5, 0.6) is 0 Å². The molecule has 0 aliphatic carbocycles. The summed E-state index contributed by atoms with van der Waals surface area (Å²) < 4.78 is 14.2. The third-order valence-corrected chi connectivity index (χ3v) is 4.57. The molecule has 1 amide bonds. The van der Waals surface area contributed by atoms with Crippen LogP contribution in [0.3, 0.4) is 0 Å². The Morgan fingerprint density at radius 3 is 2.67 bits per heavy atom. The van der Waals surface area contributed by atoms with E-state index >= 15 is 0 Å². The molecule has 0 radical (unpaired) electrons. The van der Waals surface area contributed by atoms with Crippen LogP contribution in [-0.2, 0) is 13.0 Å². The number of carbonyl (C=O) groups excluding carboxylic acids is 1. The Balaban J connectivity index is 0.00000364. The van der Waals surface area contributed by atoms with Crippen LogP contribution < -0.4 is 16.0 Å². The number of hydrogen-bond donors (Lipinski definition) is 3. The quantitative estimate of drug-likeness (QED) is 0.294. The summed E-state index contributed by atoms with van der Waals surface area (Å²) in [4.78, 5) is 15.8. The number of hydrogen-bond acceptors (Lipinski definition) is 2. The Hall–Kier alpha value is -1.68. The molecular weight excluding hydrogens is 526 g/mol. The summed E-state index contributed by atoms with van der Waals surface area (Å²) in [6, 6.07) is 12.1. The lowest BCUT2D eigenvalue weighted by atomic mass is 10.1. The van der Waals surface area contributed by atoms with Crippen molar-refractivity contribution in [2.45, 2.75) is 13.0 Å². The summed E-state index contributed by atoms with van der Waals surface area (Å²) in [5.74, 6) is 0.255. The highest BCUT2D eigenvalue weighted by Crippen LogP contribution is 2.17. The smallest absolute Gasteiger partial charge is 0.251 e. The minimum atomic E-state index is -0.274. The Morgan fingerprint density at radius 1 is 1.19 bits per heavy atom. The van der Waals surface area contributed by atoms with Gasteiger partial charge in [-0.25, -0.2) is 4.39 Å². The Kier molecular flexibility index (Phi) is 10.3. The maximum atomic E-state index is 13.3. The number of guanidine groups is 1. The van der Waals surface area contributed by atoms with Crippen LogP contribution in [0.4, 0.5) is 4.39 Å². The molecule has 5 nitrogen and oxygen atoms in total. The van der Waals surface area contributed by atoms with E-state index in [1.54, 1.807) is 26.2 Å². The second-order valence-corrected chi connectivity index (χ2v) is 6.47. The summed E-state index contributed by atoms with van der Waals surface area (Å²) in [5, 5.41) is 8.99. The molecule has 27 heavy (non-hydrogen) atoms. The Labute approximate surface area is 184 Å². The van der Waals surface area contributed by atoms with E-state index in [2.05, 4.69) is 36.9 Å². The van der Waals surface area contributed by atoms with E-state index in [0.29, 0.717) is 24.6 Å². The highest BCUT2D eigenvalue weighted by atomic mass is 127. The van der Waals surface area contributed by atoms with Gasteiger partial charge in [0.15, 0.2) is 5.96 Å². The summed E-state index contributed by atoms with van der Waals surface area (Å²) >= 11 is 3.41. The monoisotopic (exact) mass is 548 g/mol. The lowest BCUT2D eigenvalue weighted by Gasteiger charge is -2.13. The molecular formula is C19H23BrFIN4O. The summed E-state index contributed by atoms with van der Waals surface area (Å²) in [5.41, 5.74) is 2.51. The molecule has 0 aliphatic rings. The maximum Gasteiger partial charge on any atom is 0.251 e. The highest BCUT2D eigenvalue weighted by molar-refractivity contribution is 14.0. The number of carbonyl (C=O) groups is 1. The lowest BCUT2D eigenvalue weighted by Crippen LogP contribution is -2.38. The van der Waals surface area contributed by atoms with E-state index in [0.717, 1.165) is 22.0 Å². The normalized spacial score (nSPS) is 10.7. The van der Waals surface area contributed by atoms with Gasteiger partial charge in [-0.05, 0) is 47.9 Å². The summed E-state index contributed by atoms with van der Waals surface area (Å²) in [6.07, 6.45) is 0.745. The fraction of sp³-hybridized carbons (Fsp3) is 0.263. The zero-order chi connectivity index (χ0) is 18.9. The van der Waals surface area contributed by atoms with Crippen LogP contribution in [0.15, 0.2) is 51.9 Å². The van der Waals surface area contributed by atoms with E-state index < -0.39 is 0 Å². The minimum Gasteiger partial charge on any atom is -0.356 e. The number of nitrogens with one attached hydrogen (secondary N) is 3. The SMILES string of the molecule is CN=C(NCCc1cccc(C(=O)NC)c1)NCc1cc(F)ccc1Br.I. The highest BCUT2D eigenvalue weighted by Gasteiger charge is 2.05. The second kappa shape index (κ2) is 11.9. The number of amides is 1. The molecule has 0 atom stereocenters. The van der Waals surface area contributed by atoms with Gasteiger partial charge in [0, 0.05) is 37.2 Å². The number of nitrogens with zero attached hydrogens (tertiary/aromatic N) is 1. The predicted molar refractivity (Wildman–Crippen MR) is 121 cm³/mol. The van der Waals surface area contributed by atoms with Gasteiger partial charge < -0.3 is 16.0 Å². The summed E-state index contributed by atoms with van der Waals surface area (Å²) in [6.45, 7) is 1.10. The van der Waals surface area contributed by atoms with Crippen molar-refractivity contribution < 1.29 is 9.18 Å². The fourth-order valence-electron chi connectivity index (χ4n) is 2.42. The zero-order valence-electron chi connectivity index (χ0n) is 15.2. The Morgan fingerprint density at radius 2 is 1.96 bits per heavy atom. The van der Waals surface area contributed by atoms with E-state index in [9.17, 15) is 9.18 Å². The first-order valence-corrected chi connectivity index (χ1v) is 9.02. The molecule has 2 aromatic rings. The van der Waals surface area contributed by atoms with Crippen molar-refractivity contribution in [1.29, 1.82) is 0 Å². The molecule has 0 fully saturated rings. The third kappa shape index (κ3) is 7.45. The molecule has 0 heterocycles. The van der Waals surface area contributed by atoms with Crippen molar-refractivity contribution in [3.63, 3.8) is 0 Å². The molecule has 8 heteroatoms. The van der Waals surface area contributed by atoms with E-state index in [4.69, 9.17) is 0 Å². The molecule has 0 spiro atoms. The number of aliphatic imine (C=N–C) groups is 1. The molecule has 2 rings (SSSR count). The standard InChI is InChI=1S/C19H22BrFN4O.HI/c1-22-18(26)14-5-3-4-13(10-14)8-9-24-19(23-2)25-12-15-11-16(21)6-7-17(15)20;/h3-7,10-11H,8-9,12H2,1-2H3,(H,22,26)(H2,23,24,25);1H. The average Bonchev–Trinajstić information content (AvgIpc) is 2.66. The van der Waals surface area contributed by atoms with E-state index in [-0.39, 0.29) is 35.7 Å². The Bertz CT molecular complexity index is 801. The maximum absolute atomic E-state index is 13.3. The van der Waals surface area contributed by atoms with Crippen molar-refractivity contribution in [2.24, 2.45) is 4.99 Å². The minimum absolute atomic E-state index is 0. The van der Waals surface area contributed by atoms with Crippen LogP contribution in [-0.4, -0.2) is 32.5 Å². The molecule has 146 valence electrons. The van der Waals surface area contributed by atoms with Gasteiger partial charge >= 0.3 is 0 Å². The average molecular weight is 549 g/mol. The topological polar surface area (TPSA) is 65.5 Å². The van der Waals surface area contributed by atoms with Gasteiger partial charge in [-0.3, -0.25) is 9.79 Å². The van der Waals surface area contributed by atoms with Gasteiger partial charge in [-0.1, -0.05) is 28.1 Å². The van der Waals surface area contributed by atoms with Crippen molar-refractivity contribution in [2.75, 3.05) is 20.6 Å². The number of rotatable bonds is 6. The van der Waals surface area contributed by atoms with E-state index in [1.807, 2.05) is 18.2 Å². The predicted octanol–water partition coefficient (Wildman–Crippen LogP) is 3.47. The number of benzene rings is 2. The van der Waals surface area contributed by atoms with Gasteiger partial charge in [0.05, 0.1) is 0 Å².